The summed E-state index contributed by atoms with van der Waals surface area (Å²) < 4.78 is 5.57. The minimum Gasteiger partial charge on any atom is -0.479 e. The van der Waals surface area contributed by atoms with Crippen LogP contribution < -0.4 is 10.6 Å². The molecule has 0 saturated heterocycles. The largest absolute Gasteiger partial charge is 0.479 e. The van der Waals surface area contributed by atoms with Gasteiger partial charge in [0, 0.05) is 17.2 Å². The summed E-state index contributed by atoms with van der Waals surface area (Å²) in [5.41, 5.74) is 3.69. The van der Waals surface area contributed by atoms with Crippen molar-refractivity contribution in [1.29, 1.82) is 0 Å². The lowest BCUT2D eigenvalue weighted by Crippen LogP contribution is -2.46. The lowest BCUT2D eigenvalue weighted by atomic mass is 9.98. The molecule has 0 saturated carbocycles. The fraction of sp³-hybridized carbons (Fsp3) is 0.222. The monoisotopic (exact) mass is 474 g/mol. The molecule has 35 heavy (non-hydrogen) atoms. The fourth-order valence-corrected chi connectivity index (χ4v) is 4.07. The van der Waals surface area contributed by atoms with Gasteiger partial charge in [-0.2, -0.15) is 0 Å². The van der Waals surface area contributed by atoms with E-state index in [1.54, 1.807) is 19.1 Å². The van der Waals surface area contributed by atoms with Crippen molar-refractivity contribution in [3.63, 3.8) is 0 Å². The van der Waals surface area contributed by atoms with E-state index in [9.17, 15) is 19.5 Å². The topological polar surface area (TPSA) is 125 Å². The van der Waals surface area contributed by atoms with E-state index in [0.29, 0.717) is 11.3 Å². The average molecular weight is 475 g/mol. The molecular formula is C27H26N2O6. The number of carbonyl (C=O) groups is 3. The Morgan fingerprint density at radius 3 is 2.17 bits per heavy atom. The number of nitrogens with one attached hydrogen (secondary N) is 2. The molecule has 0 aromatic heterocycles. The van der Waals surface area contributed by atoms with Crippen LogP contribution in [0.2, 0.25) is 0 Å². The molecule has 0 heterocycles. The molecule has 0 radical (unpaired) electrons. The number of amides is 2. The Morgan fingerprint density at radius 1 is 0.971 bits per heavy atom. The molecule has 2 amide bonds. The summed E-state index contributed by atoms with van der Waals surface area (Å²) in [6.45, 7) is 2.55. The van der Waals surface area contributed by atoms with Crippen LogP contribution in [0.15, 0.2) is 66.7 Å². The summed E-state index contributed by atoms with van der Waals surface area (Å²) in [5.74, 6) is -2.10. The SMILES string of the molecule is Cc1ccc(C(=O)NCC(C)(O)C(=O)O)cc1NC(=O)OCC1c2ccccc2-c2ccccc21. The summed E-state index contributed by atoms with van der Waals surface area (Å²) >= 11 is 0. The van der Waals surface area contributed by atoms with Gasteiger partial charge in [-0.05, 0) is 53.8 Å². The first-order valence-electron chi connectivity index (χ1n) is 11.1. The predicted octanol–water partition coefficient (Wildman–Crippen LogP) is 3.92. The van der Waals surface area contributed by atoms with Gasteiger partial charge in [-0.15, -0.1) is 0 Å². The van der Waals surface area contributed by atoms with E-state index >= 15 is 0 Å². The normalized spacial score (nSPS) is 13.8. The number of ether oxygens (including phenoxy) is 1. The van der Waals surface area contributed by atoms with Gasteiger partial charge >= 0.3 is 12.1 Å². The molecule has 1 unspecified atom stereocenters. The number of carboxylic acids is 1. The highest BCUT2D eigenvalue weighted by molar-refractivity contribution is 5.97. The van der Waals surface area contributed by atoms with E-state index in [4.69, 9.17) is 9.84 Å². The van der Waals surface area contributed by atoms with Crippen molar-refractivity contribution in [3.8, 4) is 11.1 Å². The number of hydrogen-bond donors (Lipinski definition) is 4. The molecule has 0 spiro atoms. The second-order valence-electron chi connectivity index (χ2n) is 8.74. The third-order valence-electron chi connectivity index (χ3n) is 6.13. The van der Waals surface area contributed by atoms with Crippen LogP contribution in [0.3, 0.4) is 0 Å². The van der Waals surface area contributed by atoms with E-state index < -0.39 is 30.1 Å². The number of rotatable bonds is 7. The number of aliphatic hydroxyl groups is 1. The Hall–Kier alpha value is -4.17. The number of anilines is 1. The van der Waals surface area contributed by atoms with Crippen molar-refractivity contribution in [2.75, 3.05) is 18.5 Å². The van der Waals surface area contributed by atoms with Gasteiger partial charge in [0.15, 0.2) is 5.60 Å². The summed E-state index contributed by atoms with van der Waals surface area (Å²) in [6, 6.07) is 20.8. The summed E-state index contributed by atoms with van der Waals surface area (Å²) in [6.07, 6.45) is -0.652. The Balaban J connectivity index is 1.42. The Morgan fingerprint density at radius 2 is 1.57 bits per heavy atom. The maximum Gasteiger partial charge on any atom is 0.411 e. The first-order valence-corrected chi connectivity index (χ1v) is 11.1. The van der Waals surface area contributed by atoms with Crippen molar-refractivity contribution in [1.82, 2.24) is 5.32 Å². The zero-order valence-electron chi connectivity index (χ0n) is 19.4. The lowest BCUT2D eigenvalue weighted by Gasteiger charge is -2.18. The Labute approximate surface area is 202 Å². The highest BCUT2D eigenvalue weighted by Gasteiger charge is 2.31. The highest BCUT2D eigenvalue weighted by atomic mass is 16.5. The molecule has 4 N–H and O–H groups in total. The number of carboxylic acid groups (broad SMARTS) is 1. The van der Waals surface area contributed by atoms with Crippen molar-refractivity contribution in [2.45, 2.75) is 25.4 Å². The van der Waals surface area contributed by atoms with Crippen LogP contribution in [0, 0.1) is 6.92 Å². The molecule has 8 heteroatoms. The molecule has 180 valence electrons. The summed E-state index contributed by atoms with van der Waals surface area (Å²) in [7, 11) is 0. The zero-order chi connectivity index (χ0) is 25.2. The second kappa shape index (κ2) is 9.60. The first-order chi connectivity index (χ1) is 16.7. The van der Waals surface area contributed by atoms with Crippen LogP contribution in [0.25, 0.3) is 11.1 Å². The number of carbonyl (C=O) groups excluding carboxylic acids is 2. The van der Waals surface area contributed by atoms with E-state index in [1.165, 1.54) is 6.07 Å². The average Bonchev–Trinajstić information content (AvgIpc) is 3.16. The zero-order valence-corrected chi connectivity index (χ0v) is 19.4. The van der Waals surface area contributed by atoms with Gasteiger partial charge in [0.05, 0.1) is 6.54 Å². The molecule has 0 bridgehead atoms. The van der Waals surface area contributed by atoms with Crippen LogP contribution in [0.4, 0.5) is 10.5 Å². The highest BCUT2D eigenvalue weighted by Crippen LogP contribution is 2.44. The number of benzene rings is 3. The standard InChI is InChI=1S/C27H26N2O6/c1-16-11-12-17(24(30)28-15-27(2,34)25(31)32)13-23(16)29-26(33)35-14-22-20-9-5-3-7-18(20)19-8-4-6-10-21(19)22/h3-13,22,34H,14-15H2,1-2H3,(H,28,30)(H,29,33)(H,31,32). The third kappa shape index (κ3) is 5.02. The van der Waals surface area contributed by atoms with Crippen LogP contribution in [0.5, 0.6) is 0 Å². The van der Waals surface area contributed by atoms with Crippen LogP contribution in [-0.2, 0) is 9.53 Å². The quantitative estimate of drug-likeness (QED) is 0.411. The number of hydrogen-bond acceptors (Lipinski definition) is 5. The van der Waals surface area contributed by atoms with E-state index in [2.05, 4.69) is 22.8 Å². The van der Waals surface area contributed by atoms with Crippen LogP contribution in [-0.4, -0.2) is 46.9 Å². The van der Waals surface area contributed by atoms with Gasteiger partial charge < -0.3 is 20.3 Å². The van der Waals surface area contributed by atoms with Crippen molar-refractivity contribution < 1.29 is 29.3 Å². The second-order valence-corrected chi connectivity index (χ2v) is 8.74. The van der Waals surface area contributed by atoms with Crippen molar-refractivity contribution in [2.24, 2.45) is 0 Å². The molecule has 1 aliphatic rings. The predicted molar refractivity (Wildman–Crippen MR) is 130 cm³/mol. The smallest absolute Gasteiger partial charge is 0.411 e. The molecular weight excluding hydrogens is 448 g/mol. The van der Waals surface area contributed by atoms with E-state index in [1.807, 2.05) is 36.4 Å². The Kier molecular flexibility index (Phi) is 6.57. The molecule has 1 atom stereocenters. The molecule has 0 aliphatic heterocycles. The fourth-order valence-electron chi connectivity index (χ4n) is 4.07. The van der Waals surface area contributed by atoms with Gasteiger partial charge in [-0.25, -0.2) is 9.59 Å². The van der Waals surface area contributed by atoms with Gasteiger partial charge in [-0.1, -0.05) is 54.6 Å². The van der Waals surface area contributed by atoms with E-state index in [-0.39, 0.29) is 18.1 Å². The van der Waals surface area contributed by atoms with Crippen molar-refractivity contribution >= 4 is 23.7 Å². The van der Waals surface area contributed by atoms with Gasteiger partial charge in [0.1, 0.15) is 6.61 Å². The maximum absolute atomic E-state index is 12.6. The van der Waals surface area contributed by atoms with Crippen LogP contribution in [0.1, 0.15) is 39.9 Å². The first kappa shape index (κ1) is 24.0. The summed E-state index contributed by atoms with van der Waals surface area (Å²) in [5, 5.41) is 23.8. The molecule has 4 rings (SSSR count). The maximum atomic E-state index is 12.6. The van der Waals surface area contributed by atoms with Crippen LogP contribution >= 0.6 is 0 Å². The molecule has 1 aliphatic carbocycles. The Bertz CT molecular complexity index is 1250. The van der Waals surface area contributed by atoms with Crippen molar-refractivity contribution in [3.05, 3.63) is 89.0 Å². The summed E-state index contributed by atoms with van der Waals surface area (Å²) in [4.78, 5) is 36.1. The van der Waals surface area contributed by atoms with Gasteiger partial charge in [0.25, 0.3) is 5.91 Å². The molecule has 3 aromatic carbocycles. The third-order valence-corrected chi connectivity index (χ3v) is 6.13. The minimum absolute atomic E-state index is 0.0756. The number of aryl methyl sites for hydroxylation is 1. The molecule has 3 aromatic rings. The molecule has 8 nitrogen and oxygen atoms in total. The lowest BCUT2D eigenvalue weighted by molar-refractivity contribution is -0.155. The van der Waals surface area contributed by atoms with Gasteiger partial charge in [0.2, 0.25) is 0 Å². The number of aliphatic carboxylic acids is 1. The van der Waals surface area contributed by atoms with Gasteiger partial charge in [-0.3, -0.25) is 10.1 Å². The number of fused-ring (bicyclic) bond motifs is 3. The minimum atomic E-state index is -2.09. The molecule has 0 fully saturated rings. The van der Waals surface area contributed by atoms with E-state index in [0.717, 1.165) is 29.2 Å².